The minimum atomic E-state index is -1.14. The lowest BCUT2D eigenvalue weighted by Gasteiger charge is -2.41. The van der Waals surface area contributed by atoms with Gasteiger partial charge in [-0.15, -0.1) is 0 Å². The van der Waals surface area contributed by atoms with E-state index < -0.39 is 22.0 Å². The van der Waals surface area contributed by atoms with E-state index in [2.05, 4.69) is 24.3 Å². The zero-order valence-electron chi connectivity index (χ0n) is 16.5. The van der Waals surface area contributed by atoms with Crippen LogP contribution >= 0.6 is 0 Å². The van der Waals surface area contributed by atoms with Gasteiger partial charge < -0.3 is 9.80 Å². The molecule has 1 N–H and O–H groups in total. The van der Waals surface area contributed by atoms with Gasteiger partial charge in [-0.2, -0.15) is 0 Å². The second kappa shape index (κ2) is 5.99. The summed E-state index contributed by atoms with van der Waals surface area (Å²) < 4.78 is 0. The number of amides is 1. The molecule has 3 fully saturated rings. The van der Waals surface area contributed by atoms with Crippen molar-refractivity contribution in [2.45, 2.75) is 40.2 Å². The fraction of sp³-hybridized carbons (Fsp3) is 0.591. The van der Waals surface area contributed by atoms with E-state index in [1.54, 1.807) is 0 Å². The monoisotopic (exact) mass is 369 g/mol. The van der Waals surface area contributed by atoms with Crippen LogP contribution in [0.4, 0.5) is 0 Å². The highest BCUT2D eigenvalue weighted by Crippen LogP contribution is 2.69. The molecule has 1 aliphatic heterocycles. The van der Waals surface area contributed by atoms with E-state index in [4.69, 9.17) is 0 Å². The average Bonchev–Trinajstić information content (AvgIpc) is 2.94. The van der Waals surface area contributed by atoms with Gasteiger partial charge in [0.2, 0.25) is 17.5 Å². The van der Waals surface area contributed by atoms with E-state index in [0.29, 0.717) is 25.9 Å². The smallest absolute Gasteiger partial charge is 0.237 e. The fourth-order valence-corrected chi connectivity index (χ4v) is 5.60. The largest absolute Gasteiger partial charge is 0.331 e. The number of carbonyl (C=O) groups is 3. The SMILES string of the molecule is CC1(C)[C@]2(C(=O)N3CC[NH+](Cc4ccccc4)CC3)CC[C@@]1(C)C(=O)C2=O. The van der Waals surface area contributed by atoms with Crippen molar-refractivity contribution >= 4 is 17.5 Å². The topological polar surface area (TPSA) is 58.9 Å². The molecule has 0 spiro atoms. The van der Waals surface area contributed by atoms with Gasteiger partial charge >= 0.3 is 0 Å². The first-order chi connectivity index (χ1) is 12.7. The summed E-state index contributed by atoms with van der Waals surface area (Å²) in [6.45, 7) is 9.75. The lowest BCUT2D eigenvalue weighted by Crippen LogP contribution is -3.13. The number of benzene rings is 1. The summed E-state index contributed by atoms with van der Waals surface area (Å²) in [6.07, 6.45) is 1.15. The van der Waals surface area contributed by atoms with Crippen molar-refractivity contribution in [1.29, 1.82) is 0 Å². The Morgan fingerprint density at radius 2 is 1.63 bits per heavy atom. The summed E-state index contributed by atoms with van der Waals surface area (Å²) in [4.78, 5) is 42.3. The molecule has 0 radical (unpaired) electrons. The van der Waals surface area contributed by atoms with Gasteiger partial charge in [-0.05, 0) is 18.3 Å². The standard InChI is InChI=1S/C22H28N2O3/c1-20(2)21(3)9-10-22(20,18(26)17(21)25)19(27)24-13-11-23(12-14-24)15-16-7-5-4-6-8-16/h4-8H,9-15H2,1-3H3/p+1/t21-,22+/m0/s1. The predicted octanol–water partition coefficient (Wildman–Crippen LogP) is 0.878. The van der Waals surface area contributed by atoms with Crippen LogP contribution in [-0.2, 0) is 20.9 Å². The number of quaternary nitrogens is 1. The second-order valence-corrected chi connectivity index (χ2v) is 9.23. The van der Waals surface area contributed by atoms with E-state index in [1.165, 1.54) is 10.5 Å². The predicted molar refractivity (Wildman–Crippen MR) is 101 cm³/mol. The van der Waals surface area contributed by atoms with Crippen molar-refractivity contribution in [3.63, 3.8) is 0 Å². The highest BCUT2D eigenvalue weighted by Gasteiger charge is 2.78. The molecule has 2 aliphatic carbocycles. The molecule has 2 atom stereocenters. The van der Waals surface area contributed by atoms with Crippen molar-refractivity contribution in [2.24, 2.45) is 16.2 Å². The number of fused-ring (bicyclic) bond motifs is 2. The molecule has 27 heavy (non-hydrogen) atoms. The van der Waals surface area contributed by atoms with Crippen molar-refractivity contribution in [3.8, 4) is 0 Å². The van der Waals surface area contributed by atoms with E-state index in [0.717, 1.165) is 19.6 Å². The number of ketones is 2. The Kier molecular flexibility index (Phi) is 4.08. The lowest BCUT2D eigenvalue weighted by molar-refractivity contribution is -0.917. The number of piperazine rings is 1. The normalized spacial score (nSPS) is 32.9. The first-order valence-electron chi connectivity index (χ1n) is 10.0. The number of Topliss-reactive ketones (excluding diaryl/α,β-unsaturated/α-hetero) is 2. The molecule has 5 nitrogen and oxygen atoms in total. The number of hydrogen-bond donors (Lipinski definition) is 1. The summed E-state index contributed by atoms with van der Waals surface area (Å²) in [6, 6.07) is 10.4. The van der Waals surface area contributed by atoms with Crippen molar-refractivity contribution in [3.05, 3.63) is 35.9 Å². The zero-order valence-corrected chi connectivity index (χ0v) is 16.5. The number of nitrogens with one attached hydrogen (secondary N) is 1. The van der Waals surface area contributed by atoms with E-state index in [9.17, 15) is 14.4 Å². The maximum Gasteiger partial charge on any atom is 0.237 e. The van der Waals surface area contributed by atoms with Crippen LogP contribution in [0.2, 0.25) is 0 Å². The number of nitrogens with zero attached hydrogens (tertiary/aromatic N) is 1. The van der Waals surface area contributed by atoms with Crippen molar-refractivity contribution < 1.29 is 19.3 Å². The Bertz CT molecular complexity index is 795. The molecule has 1 aromatic carbocycles. The number of hydrogen-bond acceptors (Lipinski definition) is 3. The molecule has 1 aromatic rings. The maximum atomic E-state index is 13.5. The third-order valence-corrected chi connectivity index (χ3v) is 7.96. The first kappa shape index (κ1) is 18.4. The Labute approximate surface area is 160 Å². The molecular formula is C22H29N2O3+. The van der Waals surface area contributed by atoms with Crippen LogP contribution in [0.25, 0.3) is 0 Å². The second-order valence-electron chi connectivity index (χ2n) is 9.23. The van der Waals surface area contributed by atoms with Crippen LogP contribution in [0.3, 0.4) is 0 Å². The van der Waals surface area contributed by atoms with Gasteiger partial charge in [-0.3, -0.25) is 14.4 Å². The van der Waals surface area contributed by atoms with Gasteiger partial charge in [0.15, 0.2) is 0 Å². The Hall–Kier alpha value is -2.01. The molecule has 0 aromatic heterocycles. The molecule has 4 rings (SSSR count). The quantitative estimate of drug-likeness (QED) is 0.636. The third-order valence-electron chi connectivity index (χ3n) is 7.96. The minimum absolute atomic E-state index is 0.106. The number of carbonyl (C=O) groups excluding carboxylic acids is 3. The molecule has 1 saturated heterocycles. The molecule has 144 valence electrons. The molecule has 3 aliphatic rings. The van der Waals surface area contributed by atoms with Crippen molar-refractivity contribution in [1.82, 2.24) is 4.90 Å². The summed E-state index contributed by atoms with van der Waals surface area (Å²) in [7, 11) is 0. The van der Waals surface area contributed by atoms with E-state index in [-0.39, 0.29) is 11.7 Å². The average molecular weight is 369 g/mol. The van der Waals surface area contributed by atoms with Crippen LogP contribution in [-0.4, -0.2) is 48.6 Å². The molecule has 2 saturated carbocycles. The Morgan fingerprint density at radius 3 is 2.19 bits per heavy atom. The summed E-state index contributed by atoms with van der Waals surface area (Å²) in [5.41, 5.74) is -1.15. The molecule has 0 unspecified atom stereocenters. The van der Waals surface area contributed by atoms with Gasteiger partial charge in [-0.25, -0.2) is 0 Å². The van der Waals surface area contributed by atoms with E-state index in [1.807, 2.05) is 31.7 Å². The van der Waals surface area contributed by atoms with Crippen LogP contribution in [0.1, 0.15) is 39.2 Å². The Morgan fingerprint density at radius 1 is 1.00 bits per heavy atom. The van der Waals surface area contributed by atoms with Gasteiger partial charge in [0.05, 0.1) is 26.2 Å². The van der Waals surface area contributed by atoms with Crippen molar-refractivity contribution in [2.75, 3.05) is 26.2 Å². The van der Waals surface area contributed by atoms with Gasteiger partial charge in [0, 0.05) is 11.0 Å². The highest BCUT2D eigenvalue weighted by atomic mass is 16.2. The highest BCUT2D eigenvalue weighted by molar-refractivity contribution is 6.48. The molecule has 5 heteroatoms. The molecular weight excluding hydrogens is 340 g/mol. The van der Waals surface area contributed by atoms with Crippen LogP contribution in [0, 0.1) is 16.2 Å². The van der Waals surface area contributed by atoms with Gasteiger partial charge in [0.25, 0.3) is 0 Å². The van der Waals surface area contributed by atoms with Crippen LogP contribution < -0.4 is 4.90 Å². The first-order valence-corrected chi connectivity index (χ1v) is 10.0. The minimum Gasteiger partial charge on any atom is -0.331 e. The fourth-order valence-electron chi connectivity index (χ4n) is 5.60. The number of rotatable bonds is 3. The molecule has 2 bridgehead atoms. The molecule has 1 amide bonds. The maximum absolute atomic E-state index is 13.5. The Balaban J connectivity index is 1.48. The summed E-state index contributed by atoms with van der Waals surface area (Å²) in [5.74, 6) is -0.878. The summed E-state index contributed by atoms with van der Waals surface area (Å²) >= 11 is 0. The third kappa shape index (κ3) is 2.30. The van der Waals surface area contributed by atoms with Crippen LogP contribution in [0.15, 0.2) is 30.3 Å². The lowest BCUT2D eigenvalue weighted by atomic mass is 9.64. The van der Waals surface area contributed by atoms with Gasteiger partial charge in [-0.1, -0.05) is 51.1 Å². The van der Waals surface area contributed by atoms with E-state index >= 15 is 0 Å². The summed E-state index contributed by atoms with van der Waals surface area (Å²) in [5, 5.41) is 0. The van der Waals surface area contributed by atoms with Gasteiger partial charge in [0.1, 0.15) is 12.0 Å². The zero-order chi connectivity index (χ0) is 19.4. The molecule has 1 heterocycles. The van der Waals surface area contributed by atoms with Crippen LogP contribution in [0.5, 0.6) is 0 Å².